The molecule has 0 saturated carbocycles. The van der Waals surface area contributed by atoms with E-state index in [4.69, 9.17) is 4.74 Å². The number of hydrogen-bond donors (Lipinski definition) is 0. The predicted molar refractivity (Wildman–Crippen MR) is 82.9 cm³/mol. The van der Waals surface area contributed by atoms with Gasteiger partial charge in [-0.05, 0) is 24.3 Å². The van der Waals surface area contributed by atoms with Crippen LogP contribution in [0.15, 0.2) is 60.9 Å². The van der Waals surface area contributed by atoms with Crippen molar-refractivity contribution in [1.29, 1.82) is 0 Å². The molecule has 1 radical (unpaired) electrons. The number of fused-ring (bicyclic) bond motifs is 2. The van der Waals surface area contributed by atoms with Crippen LogP contribution in [0.3, 0.4) is 0 Å². The molecule has 23 heavy (non-hydrogen) atoms. The van der Waals surface area contributed by atoms with Gasteiger partial charge in [0.2, 0.25) is 0 Å². The summed E-state index contributed by atoms with van der Waals surface area (Å²) in [6, 6.07) is 16.3. The normalized spacial score (nSPS) is 12.5. The molecule has 1 heterocycles. The topological polar surface area (TPSA) is 56.3 Å². The van der Waals surface area contributed by atoms with Crippen LogP contribution in [0.5, 0.6) is 11.5 Å². The molecule has 2 aromatic carbocycles. The number of nitrogens with zero attached hydrogens (tertiary/aromatic N) is 1. The zero-order valence-electron chi connectivity index (χ0n) is 11.9. The van der Waals surface area contributed by atoms with Gasteiger partial charge in [-0.2, -0.15) is 0 Å². The van der Waals surface area contributed by atoms with E-state index in [2.05, 4.69) is 11.1 Å². The molecule has 0 bridgehead atoms. The van der Waals surface area contributed by atoms with E-state index in [1.54, 1.807) is 54.7 Å². The fraction of sp³-hybridized carbons (Fsp3) is 0. The Morgan fingerprint density at radius 3 is 2.39 bits per heavy atom. The summed E-state index contributed by atoms with van der Waals surface area (Å²) in [5.41, 5.74) is 1.40. The minimum absolute atomic E-state index is 0.180. The third-order valence-electron chi connectivity index (χ3n) is 3.70. The van der Waals surface area contributed by atoms with Crippen LogP contribution >= 0.6 is 0 Å². The molecule has 4 nitrogen and oxygen atoms in total. The van der Waals surface area contributed by atoms with Gasteiger partial charge in [0.05, 0.1) is 11.8 Å². The van der Waals surface area contributed by atoms with E-state index in [0.717, 1.165) is 0 Å². The fourth-order valence-corrected chi connectivity index (χ4v) is 2.66. The Kier molecular flexibility index (Phi) is 3.01. The molecule has 0 amide bonds. The maximum absolute atomic E-state index is 12.8. The Bertz CT molecular complexity index is 932. The number of aromatic nitrogens is 1. The highest BCUT2D eigenvalue weighted by molar-refractivity contribution is 6.29. The number of hydrogen-bond acceptors (Lipinski definition) is 4. The second-order valence-corrected chi connectivity index (χ2v) is 5.09. The molecule has 0 spiro atoms. The number of carbonyl (C=O) groups excluding carboxylic acids is 2. The van der Waals surface area contributed by atoms with Gasteiger partial charge < -0.3 is 4.74 Å². The van der Waals surface area contributed by atoms with Gasteiger partial charge in [0.1, 0.15) is 11.5 Å². The first-order chi connectivity index (χ1) is 11.3. The van der Waals surface area contributed by atoms with Gasteiger partial charge in [0.15, 0.2) is 11.6 Å². The molecule has 0 aliphatic heterocycles. The van der Waals surface area contributed by atoms with Crippen molar-refractivity contribution < 1.29 is 14.3 Å². The van der Waals surface area contributed by atoms with Gasteiger partial charge in [0.25, 0.3) is 0 Å². The van der Waals surface area contributed by atoms with Crippen molar-refractivity contribution in [3.05, 3.63) is 89.2 Å². The number of rotatable bonds is 2. The van der Waals surface area contributed by atoms with Gasteiger partial charge in [0, 0.05) is 29.0 Å². The minimum atomic E-state index is -0.231. The number of carbonyl (C=O) groups is 2. The molecule has 0 saturated heterocycles. The molecule has 0 fully saturated rings. The SMILES string of the molecule is O=C1c2ccccc2C(=O)c2c(Oc3cccnc3)[c]ccc21. The summed E-state index contributed by atoms with van der Waals surface area (Å²) in [5, 5.41) is 0. The minimum Gasteiger partial charge on any atom is -0.454 e. The molecule has 109 valence electrons. The van der Waals surface area contributed by atoms with Crippen LogP contribution in [0.4, 0.5) is 0 Å². The van der Waals surface area contributed by atoms with Gasteiger partial charge >= 0.3 is 0 Å². The standard InChI is InChI=1S/C19H10NO3/c21-18-13-6-1-2-7-14(13)19(22)17-15(18)8-3-9-16(17)23-12-5-4-10-20-11-12/h1-8,10-11H. The lowest BCUT2D eigenvalue weighted by molar-refractivity contribution is 0.0977. The first kappa shape index (κ1) is 13.4. The van der Waals surface area contributed by atoms with Crippen molar-refractivity contribution >= 4 is 11.6 Å². The molecule has 4 rings (SSSR count). The molecule has 0 atom stereocenters. The number of benzene rings is 2. The Morgan fingerprint density at radius 1 is 0.870 bits per heavy atom. The molecule has 1 aliphatic rings. The van der Waals surface area contributed by atoms with Crippen molar-refractivity contribution in [2.75, 3.05) is 0 Å². The van der Waals surface area contributed by atoms with Crippen LogP contribution in [0.1, 0.15) is 31.8 Å². The summed E-state index contributed by atoms with van der Waals surface area (Å²) in [7, 11) is 0. The molecular formula is C19H10NO3. The highest BCUT2D eigenvalue weighted by atomic mass is 16.5. The van der Waals surface area contributed by atoms with Crippen LogP contribution < -0.4 is 4.74 Å². The molecule has 0 N–H and O–H groups in total. The summed E-state index contributed by atoms with van der Waals surface area (Å²) < 4.78 is 5.72. The van der Waals surface area contributed by atoms with E-state index in [1.807, 2.05) is 0 Å². The third-order valence-corrected chi connectivity index (χ3v) is 3.70. The molecule has 1 aliphatic carbocycles. The van der Waals surface area contributed by atoms with Crippen LogP contribution in [0.25, 0.3) is 0 Å². The maximum atomic E-state index is 12.8. The Hall–Kier alpha value is -3.27. The summed E-state index contributed by atoms with van der Waals surface area (Å²) in [6.45, 7) is 0. The van der Waals surface area contributed by atoms with Crippen molar-refractivity contribution in [2.24, 2.45) is 0 Å². The van der Waals surface area contributed by atoms with Gasteiger partial charge in [-0.1, -0.05) is 24.3 Å². The van der Waals surface area contributed by atoms with Crippen LogP contribution in [-0.2, 0) is 0 Å². The summed E-state index contributed by atoms with van der Waals surface area (Å²) in [6.07, 6.45) is 3.16. The number of ketones is 2. The van der Waals surface area contributed by atoms with Crippen LogP contribution in [-0.4, -0.2) is 16.6 Å². The maximum Gasteiger partial charge on any atom is 0.198 e. The van der Waals surface area contributed by atoms with Crippen molar-refractivity contribution in [1.82, 2.24) is 4.98 Å². The van der Waals surface area contributed by atoms with Gasteiger partial charge in [-0.25, -0.2) is 0 Å². The van der Waals surface area contributed by atoms with Crippen molar-refractivity contribution in [3.63, 3.8) is 0 Å². The Labute approximate surface area is 132 Å². The highest BCUT2D eigenvalue weighted by Crippen LogP contribution is 2.34. The van der Waals surface area contributed by atoms with Crippen molar-refractivity contribution in [2.45, 2.75) is 0 Å². The van der Waals surface area contributed by atoms with E-state index in [9.17, 15) is 9.59 Å². The monoisotopic (exact) mass is 300 g/mol. The lowest BCUT2D eigenvalue weighted by Gasteiger charge is -2.19. The molecule has 4 heteroatoms. The van der Waals surface area contributed by atoms with Gasteiger partial charge in [-0.3, -0.25) is 14.6 Å². The first-order valence-corrected chi connectivity index (χ1v) is 7.06. The molecular weight excluding hydrogens is 290 g/mol. The zero-order valence-corrected chi connectivity index (χ0v) is 11.9. The third kappa shape index (κ3) is 2.12. The summed E-state index contributed by atoms with van der Waals surface area (Å²) in [4.78, 5) is 29.4. The second-order valence-electron chi connectivity index (χ2n) is 5.09. The first-order valence-electron chi connectivity index (χ1n) is 7.06. The van der Waals surface area contributed by atoms with Crippen LogP contribution in [0, 0.1) is 6.07 Å². The Balaban J connectivity index is 1.87. The molecule has 0 unspecified atom stereocenters. The average Bonchev–Trinajstić information content (AvgIpc) is 2.60. The lowest BCUT2D eigenvalue weighted by Crippen LogP contribution is -2.21. The number of ether oxygens (including phenoxy) is 1. The van der Waals surface area contributed by atoms with E-state index in [1.165, 1.54) is 6.20 Å². The lowest BCUT2D eigenvalue weighted by atomic mass is 9.83. The van der Waals surface area contributed by atoms with Gasteiger partial charge in [-0.15, -0.1) is 0 Å². The largest absolute Gasteiger partial charge is 0.454 e. The summed E-state index contributed by atoms with van der Waals surface area (Å²) >= 11 is 0. The quantitative estimate of drug-likeness (QED) is 0.569. The summed E-state index contributed by atoms with van der Waals surface area (Å²) in [5.74, 6) is 0.311. The van der Waals surface area contributed by atoms with E-state index in [-0.39, 0.29) is 22.9 Å². The molecule has 1 aromatic heterocycles. The highest BCUT2D eigenvalue weighted by Gasteiger charge is 2.32. The van der Waals surface area contributed by atoms with E-state index < -0.39 is 0 Å². The fourth-order valence-electron chi connectivity index (χ4n) is 2.66. The predicted octanol–water partition coefficient (Wildman–Crippen LogP) is 3.45. The smallest absolute Gasteiger partial charge is 0.198 e. The van der Waals surface area contributed by atoms with E-state index >= 15 is 0 Å². The Morgan fingerprint density at radius 2 is 1.65 bits per heavy atom. The zero-order chi connectivity index (χ0) is 15.8. The molecule has 3 aromatic rings. The van der Waals surface area contributed by atoms with E-state index in [0.29, 0.717) is 22.4 Å². The second kappa shape index (κ2) is 5.18. The van der Waals surface area contributed by atoms with Crippen LogP contribution in [0.2, 0.25) is 0 Å². The van der Waals surface area contributed by atoms with Crippen molar-refractivity contribution in [3.8, 4) is 11.5 Å². The average molecular weight is 300 g/mol. The number of pyridine rings is 1.